The molecule has 0 amide bonds. The summed E-state index contributed by atoms with van der Waals surface area (Å²) in [6.07, 6.45) is 0. The minimum absolute atomic E-state index is 0.553. The summed E-state index contributed by atoms with van der Waals surface area (Å²) in [7, 11) is 0. The minimum Gasteiger partial charge on any atom is -0.456 e. The second kappa shape index (κ2) is 8.51. The summed E-state index contributed by atoms with van der Waals surface area (Å²) in [4.78, 5) is 14.8. The largest absolute Gasteiger partial charge is 0.456 e. The van der Waals surface area contributed by atoms with Gasteiger partial charge in [0, 0.05) is 43.3 Å². The van der Waals surface area contributed by atoms with Crippen LogP contribution in [0.3, 0.4) is 0 Å². The maximum atomic E-state index is 6.18. The molecule has 3 aromatic heterocycles. The van der Waals surface area contributed by atoms with Crippen molar-refractivity contribution in [2.45, 2.75) is 0 Å². The summed E-state index contributed by atoms with van der Waals surface area (Å²) in [6.45, 7) is 0. The average molecular weight is 524 g/mol. The molecule has 0 saturated carbocycles. The summed E-state index contributed by atoms with van der Waals surface area (Å²) in [6, 6.07) is 35.6. The van der Waals surface area contributed by atoms with Crippen LogP contribution in [-0.4, -0.2) is 15.0 Å². The number of fused-ring (bicyclic) bond motifs is 6. The van der Waals surface area contributed by atoms with Crippen molar-refractivity contribution in [1.82, 2.24) is 15.0 Å². The number of benzene rings is 5. The van der Waals surface area contributed by atoms with Crippen LogP contribution in [0.1, 0.15) is 0 Å². The quantitative estimate of drug-likeness (QED) is 0.231. The fraction of sp³-hybridized carbons (Fsp3) is 0. The van der Waals surface area contributed by atoms with Gasteiger partial charge in [0.2, 0.25) is 0 Å². The smallest absolute Gasteiger partial charge is 0.164 e. The minimum atomic E-state index is 0.553. The molecule has 5 aromatic carbocycles. The van der Waals surface area contributed by atoms with E-state index < -0.39 is 0 Å². The van der Waals surface area contributed by atoms with Crippen molar-refractivity contribution in [1.29, 1.82) is 0 Å². The maximum Gasteiger partial charge on any atom is 0.164 e. The Morgan fingerprint density at radius 1 is 0.462 bits per heavy atom. The third-order valence-electron chi connectivity index (χ3n) is 7.02. The molecule has 184 valence electrons. The van der Waals surface area contributed by atoms with Crippen molar-refractivity contribution in [2.75, 3.05) is 0 Å². The van der Waals surface area contributed by atoms with Gasteiger partial charge in [0.1, 0.15) is 22.3 Å². The van der Waals surface area contributed by atoms with Crippen molar-refractivity contribution < 1.29 is 8.83 Å². The van der Waals surface area contributed by atoms with Gasteiger partial charge in [0.05, 0.1) is 0 Å². The normalized spacial score (nSPS) is 11.7. The van der Waals surface area contributed by atoms with Gasteiger partial charge in [-0.2, -0.15) is 0 Å². The van der Waals surface area contributed by atoms with Gasteiger partial charge in [-0.3, -0.25) is 0 Å². The van der Waals surface area contributed by atoms with Gasteiger partial charge >= 0.3 is 0 Å². The average Bonchev–Trinajstić information content (AvgIpc) is 3.55. The van der Waals surface area contributed by atoms with Crippen LogP contribution in [0, 0.1) is 0 Å². The number of rotatable bonds is 3. The van der Waals surface area contributed by atoms with Crippen LogP contribution in [0.25, 0.3) is 78.0 Å². The number of aromatic nitrogens is 3. The van der Waals surface area contributed by atoms with Crippen LogP contribution >= 0.6 is 11.6 Å². The molecule has 0 aliphatic carbocycles. The molecule has 3 heterocycles. The van der Waals surface area contributed by atoms with E-state index in [9.17, 15) is 0 Å². The topological polar surface area (TPSA) is 65.0 Å². The van der Waals surface area contributed by atoms with Crippen molar-refractivity contribution >= 4 is 55.5 Å². The molecule has 0 aliphatic rings. The third-order valence-corrected chi connectivity index (χ3v) is 7.27. The Morgan fingerprint density at radius 2 is 1.05 bits per heavy atom. The van der Waals surface area contributed by atoms with Crippen molar-refractivity contribution in [3.63, 3.8) is 0 Å². The highest BCUT2D eigenvalue weighted by Gasteiger charge is 2.18. The lowest BCUT2D eigenvalue weighted by molar-refractivity contribution is 0.668. The Kier molecular flexibility index (Phi) is 4.81. The number of halogens is 1. The monoisotopic (exact) mass is 523 g/mol. The van der Waals surface area contributed by atoms with Crippen LogP contribution in [0.5, 0.6) is 0 Å². The molecular formula is C33H18ClN3O2. The van der Waals surface area contributed by atoms with Crippen LogP contribution in [0.2, 0.25) is 5.02 Å². The first-order chi connectivity index (χ1) is 19.2. The van der Waals surface area contributed by atoms with E-state index in [0.717, 1.165) is 60.6 Å². The van der Waals surface area contributed by atoms with E-state index in [1.165, 1.54) is 0 Å². The van der Waals surface area contributed by atoms with Crippen molar-refractivity contribution in [3.8, 4) is 34.2 Å². The van der Waals surface area contributed by atoms with Crippen LogP contribution in [-0.2, 0) is 0 Å². The molecule has 0 bridgehead atoms. The number of nitrogens with zero attached hydrogens (tertiary/aromatic N) is 3. The molecule has 39 heavy (non-hydrogen) atoms. The lowest BCUT2D eigenvalue weighted by Gasteiger charge is -2.09. The fourth-order valence-electron chi connectivity index (χ4n) is 5.18. The Balaban J connectivity index is 1.39. The lowest BCUT2D eigenvalue weighted by atomic mass is 10.1. The molecule has 0 aliphatic heterocycles. The Hall–Kier alpha value is -5.00. The highest BCUT2D eigenvalue weighted by Crippen LogP contribution is 2.37. The van der Waals surface area contributed by atoms with Crippen LogP contribution in [0.15, 0.2) is 118 Å². The molecule has 6 heteroatoms. The van der Waals surface area contributed by atoms with E-state index in [4.69, 9.17) is 35.4 Å². The molecule has 0 spiro atoms. The zero-order valence-corrected chi connectivity index (χ0v) is 21.2. The summed E-state index contributed by atoms with van der Waals surface area (Å²) in [5, 5.41) is 4.77. The van der Waals surface area contributed by atoms with Gasteiger partial charge in [0.25, 0.3) is 0 Å². The number of hydrogen-bond acceptors (Lipinski definition) is 5. The highest BCUT2D eigenvalue weighted by molar-refractivity contribution is 6.30. The molecule has 0 unspecified atom stereocenters. The third kappa shape index (κ3) is 3.59. The molecule has 0 fully saturated rings. The number of para-hydroxylation sites is 2. The Bertz CT molecular complexity index is 2200. The molecule has 0 N–H and O–H groups in total. The fourth-order valence-corrected chi connectivity index (χ4v) is 5.31. The van der Waals surface area contributed by atoms with Crippen LogP contribution in [0.4, 0.5) is 0 Å². The van der Waals surface area contributed by atoms with E-state index in [1.807, 2.05) is 91.0 Å². The predicted molar refractivity (Wildman–Crippen MR) is 156 cm³/mol. The SMILES string of the molecule is Clc1ccc(-c2nc(-c3ccc4c(c3)oc3ccccc34)nc(-c3cccc4oc5ccccc5c34)n2)cc1. The molecule has 8 aromatic rings. The summed E-state index contributed by atoms with van der Waals surface area (Å²) >= 11 is 6.18. The number of furan rings is 2. The Labute approximate surface area is 227 Å². The maximum absolute atomic E-state index is 6.18. The predicted octanol–water partition coefficient (Wildman–Crippen LogP) is 9.32. The van der Waals surface area contributed by atoms with E-state index in [-0.39, 0.29) is 0 Å². The molecule has 0 radical (unpaired) electrons. The Morgan fingerprint density at radius 3 is 1.87 bits per heavy atom. The van der Waals surface area contributed by atoms with Crippen molar-refractivity contribution in [3.05, 3.63) is 114 Å². The van der Waals surface area contributed by atoms with Gasteiger partial charge in [-0.15, -0.1) is 0 Å². The van der Waals surface area contributed by atoms with E-state index >= 15 is 0 Å². The molecule has 0 saturated heterocycles. The molecule has 8 rings (SSSR count). The van der Waals surface area contributed by atoms with Gasteiger partial charge in [-0.25, -0.2) is 15.0 Å². The molecule has 5 nitrogen and oxygen atoms in total. The molecular weight excluding hydrogens is 506 g/mol. The van der Waals surface area contributed by atoms with Gasteiger partial charge < -0.3 is 8.83 Å². The van der Waals surface area contributed by atoms with Crippen molar-refractivity contribution in [2.24, 2.45) is 0 Å². The van der Waals surface area contributed by atoms with Crippen LogP contribution < -0.4 is 0 Å². The second-order valence-corrected chi connectivity index (χ2v) is 9.84. The lowest BCUT2D eigenvalue weighted by Crippen LogP contribution is -2.00. The van der Waals surface area contributed by atoms with Gasteiger partial charge in [0.15, 0.2) is 17.5 Å². The number of hydrogen-bond donors (Lipinski definition) is 0. The van der Waals surface area contributed by atoms with E-state index in [1.54, 1.807) is 0 Å². The first-order valence-electron chi connectivity index (χ1n) is 12.6. The van der Waals surface area contributed by atoms with E-state index in [2.05, 4.69) is 18.2 Å². The summed E-state index contributed by atoms with van der Waals surface area (Å²) < 4.78 is 12.3. The van der Waals surface area contributed by atoms with Gasteiger partial charge in [-0.05, 0) is 54.6 Å². The first-order valence-corrected chi connectivity index (χ1v) is 12.9. The zero-order chi connectivity index (χ0) is 25.9. The summed E-state index contributed by atoms with van der Waals surface area (Å²) in [5.41, 5.74) is 5.80. The summed E-state index contributed by atoms with van der Waals surface area (Å²) in [5.74, 6) is 1.67. The van der Waals surface area contributed by atoms with Gasteiger partial charge in [-0.1, -0.05) is 66.2 Å². The first kappa shape index (κ1) is 22.0. The highest BCUT2D eigenvalue weighted by atomic mass is 35.5. The van der Waals surface area contributed by atoms with E-state index in [0.29, 0.717) is 22.5 Å². The molecule has 0 atom stereocenters. The zero-order valence-electron chi connectivity index (χ0n) is 20.4. The second-order valence-electron chi connectivity index (χ2n) is 9.40. The standard InChI is InChI=1S/C33H18ClN3O2/c34-21-15-12-19(13-16-21)31-35-32(20-14-17-23-22-6-1-3-9-26(22)39-29(23)18-20)37-33(36-31)25-8-5-11-28-30(25)24-7-2-4-10-27(24)38-28/h1-18H.